The van der Waals surface area contributed by atoms with Crippen LogP contribution in [0.3, 0.4) is 0 Å². The van der Waals surface area contributed by atoms with Gasteiger partial charge in [0.05, 0.1) is 12.2 Å². The maximum atomic E-state index is 12.5. The molecule has 1 saturated heterocycles. The molecule has 1 fully saturated rings. The number of hydrogen-bond acceptors (Lipinski definition) is 2. The van der Waals surface area contributed by atoms with Gasteiger partial charge in [-0.05, 0) is 37.8 Å². The highest BCUT2D eigenvalue weighted by molar-refractivity contribution is 6.18. The van der Waals surface area contributed by atoms with E-state index in [0.717, 1.165) is 25.9 Å². The lowest BCUT2D eigenvalue weighted by molar-refractivity contribution is 0.0694. The number of para-hydroxylation sites is 1. The van der Waals surface area contributed by atoms with Crippen molar-refractivity contribution in [3.63, 3.8) is 0 Å². The average molecular weight is 282 g/mol. The number of likely N-dealkylation sites (tertiary alicyclic amines) is 1. The highest BCUT2D eigenvalue weighted by atomic mass is 35.5. The van der Waals surface area contributed by atoms with Gasteiger partial charge in [-0.1, -0.05) is 12.1 Å². The van der Waals surface area contributed by atoms with E-state index < -0.39 is 0 Å². The van der Waals surface area contributed by atoms with Crippen molar-refractivity contribution in [1.29, 1.82) is 0 Å². The highest BCUT2D eigenvalue weighted by Gasteiger charge is 2.24. The van der Waals surface area contributed by atoms with Crippen LogP contribution in [0, 0.1) is 5.92 Å². The second kappa shape index (κ2) is 6.80. The molecule has 0 spiro atoms. The highest BCUT2D eigenvalue weighted by Crippen LogP contribution is 2.24. The van der Waals surface area contributed by atoms with Crippen LogP contribution in [-0.4, -0.2) is 36.4 Å². The molecule has 0 aliphatic carbocycles. The van der Waals surface area contributed by atoms with Gasteiger partial charge in [0.1, 0.15) is 5.75 Å². The van der Waals surface area contributed by atoms with Crippen molar-refractivity contribution in [3.8, 4) is 5.75 Å². The van der Waals surface area contributed by atoms with E-state index in [9.17, 15) is 4.79 Å². The number of carbonyl (C=O) groups excluding carboxylic acids is 1. The zero-order chi connectivity index (χ0) is 13.7. The Balaban J connectivity index is 2.07. The Bertz CT molecular complexity index is 428. The fourth-order valence-electron chi connectivity index (χ4n) is 2.39. The van der Waals surface area contributed by atoms with Crippen LogP contribution in [0.25, 0.3) is 0 Å². The summed E-state index contributed by atoms with van der Waals surface area (Å²) in [5, 5.41) is 0. The molecule has 4 heteroatoms. The molecule has 0 aromatic heterocycles. The van der Waals surface area contributed by atoms with Crippen molar-refractivity contribution >= 4 is 17.5 Å². The third-order valence-corrected chi connectivity index (χ3v) is 3.97. The van der Waals surface area contributed by atoms with Crippen molar-refractivity contribution in [2.75, 3.05) is 25.6 Å². The third-order valence-electron chi connectivity index (χ3n) is 3.54. The predicted molar refractivity (Wildman–Crippen MR) is 77.0 cm³/mol. The minimum atomic E-state index is 0.0667. The third kappa shape index (κ3) is 3.41. The molecule has 0 atom stereocenters. The van der Waals surface area contributed by atoms with Crippen molar-refractivity contribution in [2.24, 2.45) is 5.92 Å². The summed E-state index contributed by atoms with van der Waals surface area (Å²) in [6.07, 6.45) is 1.98. The van der Waals surface area contributed by atoms with E-state index in [1.807, 2.05) is 36.1 Å². The van der Waals surface area contributed by atoms with Gasteiger partial charge in [-0.25, -0.2) is 0 Å². The molecular weight excluding hydrogens is 262 g/mol. The maximum absolute atomic E-state index is 12.5. The number of alkyl halides is 1. The standard InChI is InChI=1S/C15H20ClNO2/c1-2-19-14-6-4-3-5-13(14)15(18)17-9-7-12(11-16)8-10-17/h3-6,12H,2,7-11H2,1H3. The summed E-state index contributed by atoms with van der Waals surface area (Å²) in [4.78, 5) is 14.4. The molecule has 1 amide bonds. The molecule has 0 N–H and O–H groups in total. The molecule has 1 aliphatic heterocycles. The number of nitrogens with zero attached hydrogens (tertiary/aromatic N) is 1. The SMILES string of the molecule is CCOc1ccccc1C(=O)N1CCC(CCl)CC1. The quantitative estimate of drug-likeness (QED) is 0.794. The summed E-state index contributed by atoms with van der Waals surface area (Å²) in [5.41, 5.74) is 0.661. The topological polar surface area (TPSA) is 29.5 Å². The number of piperidine rings is 1. The van der Waals surface area contributed by atoms with Crippen LogP contribution in [-0.2, 0) is 0 Å². The number of carbonyl (C=O) groups is 1. The number of halogens is 1. The average Bonchev–Trinajstić information content (AvgIpc) is 2.47. The Morgan fingerprint density at radius 3 is 2.68 bits per heavy atom. The predicted octanol–water partition coefficient (Wildman–Crippen LogP) is 3.18. The zero-order valence-electron chi connectivity index (χ0n) is 11.3. The summed E-state index contributed by atoms with van der Waals surface area (Å²) in [6, 6.07) is 7.45. The van der Waals surface area contributed by atoms with E-state index in [2.05, 4.69) is 0 Å². The Morgan fingerprint density at radius 2 is 2.05 bits per heavy atom. The smallest absolute Gasteiger partial charge is 0.257 e. The van der Waals surface area contributed by atoms with Crippen LogP contribution in [0.2, 0.25) is 0 Å². The van der Waals surface area contributed by atoms with Crippen LogP contribution >= 0.6 is 11.6 Å². The molecule has 2 rings (SSSR count). The molecule has 1 aromatic carbocycles. The van der Waals surface area contributed by atoms with Gasteiger partial charge < -0.3 is 9.64 Å². The van der Waals surface area contributed by atoms with E-state index in [1.54, 1.807) is 0 Å². The zero-order valence-corrected chi connectivity index (χ0v) is 12.0. The number of benzene rings is 1. The van der Waals surface area contributed by atoms with Crippen molar-refractivity contribution in [2.45, 2.75) is 19.8 Å². The van der Waals surface area contributed by atoms with Crippen LogP contribution < -0.4 is 4.74 Å². The van der Waals surface area contributed by atoms with Gasteiger partial charge in [-0.2, -0.15) is 0 Å². The molecule has 0 radical (unpaired) electrons. The number of amides is 1. The molecular formula is C15H20ClNO2. The Labute approximate surface area is 119 Å². The molecule has 0 bridgehead atoms. The van der Waals surface area contributed by atoms with E-state index in [0.29, 0.717) is 29.7 Å². The molecule has 0 saturated carbocycles. The second-order valence-electron chi connectivity index (χ2n) is 4.82. The maximum Gasteiger partial charge on any atom is 0.257 e. The molecule has 1 heterocycles. The van der Waals surface area contributed by atoms with E-state index >= 15 is 0 Å². The van der Waals surface area contributed by atoms with Crippen molar-refractivity contribution in [3.05, 3.63) is 29.8 Å². The normalized spacial score (nSPS) is 16.4. The summed E-state index contributed by atoms with van der Waals surface area (Å²) < 4.78 is 5.52. The molecule has 104 valence electrons. The summed E-state index contributed by atoms with van der Waals surface area (Å²) in [5.74, 6) is 1.98. The number of hydrogen-bond donors (Lipinski definition) is 0. The first kappa shape index (κ1) is 14.2. The minimum Gasteiger partial charge on any atom is -0.493 e. The lowest BCUT2D eigenvalue weighted by Crippen LogP contribution is -2.39. The largest absolute Gasteiger partial charge is 0.493 e. The van der Waals surface area contributed by atoms with Gasteiger partial charge in [0.2, 0.25) is 0 Å². The molecule has 19 heavy (non-hydrogen) atoms. The summed E-state index contributed by atoms with van der Waals surface area (Å²) >= 11 is 5.87. The second-order valence-corrected chi connectivity index (χ2v) is 5.13. The first-order valence-electron chi connectivity index (χ1n) is 6.83. The fraction of sp³-hybridized carbons (Fsp3) is 0.533. The van der Waals surface area contributed by atoms with Crippen LogP contribution in [0.15, 0.2) is 24.3 Å². The van der Waals surface area contributed by atoms with Crippen LogP contribution in [0.4, 0.5) is 0 Å². The minimum absolute atomic E-state index is 0.0667. The Kier molecular flexibility index (Phi) is 5.08. The van der Waals surface area contributed by atoms with Gasteiger partial charge in [-0.3, -0.25) is 4.79 Å². The number of ether oxygens (including phenoxy) is 1. The van der Waals surface area contributed by atoms with Crippen molar-refractivity contribution in [1.82, 2.24) is 4.90 Å². The Morgan fingerprint density at radius 1 is 1.37 bits per heavy atom. The lowest BCUT2D eigenvalue weighted by atomic mass is 9.98. The monoisotopic (exact) mass is 281 g/mol. The Hall–Kier alpha value is -1.22. The van der Waals surface area contributed by atoms with Gasteiger partial charge >= 0.3 is 0 Å². The first-order valence-corrected chi connectivity index (χ1v) is 7.36. The van der Waals surface area contributed by atoms with Gasteiger partial charge in [0.15, 0.2) is 0 Å². The van der Waals surface area contributed by atoms with Crippen molar-refractivity contribution < 1.29 is 9.53 Å². The molecule has 3 nitrogen and oxygen atoms in total. The molecule has 1 aliphatic rings. The van der Waals surface area contributed by atoms with E-state index in [4.69, 9.17) is 16.3 Å². The van der Waals surface area contributed by atoms with Gasteiger partial charge in [0.25, 0.3) is 5.91 Å². The van der Waals surface area contributed by atoms with Crippen LogP contribution in [0.5, 0.6) is 5.75 Å². The summed E-state index contributed by atoms with van der Waals surface area (Å²) in [6.45, 7) is 4.07. The van der Waals surface area contributed by atoms with Crippen LogP contribution in [0.1, 0.15) is 30.1 Å². The van der Waals surface area contributed by atoms with Gasteiger partial charge in [0, 0.05) is 19.0 Å². The van der Waals surface area contributed by atoms with E-state index in [-0.39, 0.29) is 5.91 Å². The molecule has 0 unspecified atom stereocenters. The summed E-state index contributed by atoms with van der Waals surface area (Å²) in [7, 11) is 0. The van der Waals surface area contributed by atoms with Gasteiger partial charge in [-0.15, -0.1) is 11.6 Å². The number of rotatable bonds is 4. The molecule has 1 aromatic rings. The van der Waals surface area contributed by atoms with E-state index in [1.165, 1.54) is 0 Å². The lowest BCUT2D eigenvalue weighted by Gasteiger charge is -2.31. The fourth-order valence-corrected chi connectivity index (χ4v) is 2.69. The first-order chi connectivity index (χ1) is 9.26.